The lowest BCUT2D eigenvalue weighted by Crippen LogP contribution is -2.43. The summed E-state index contributed by atoms with van der Waals surface area (Å²) in [6.45, 7) is 0.723. The predicted octanol–water partition coefficient (Wildman–Crippen LogP) is 1.98. The molecule has 0 spiro atoms. The van der Waals surface area contributed by atoms with Gasteiger partial charge in [0, 0.05) is 31.1 Å². The van der Waals surface area contributed by atoms with Crippen molar-refractivity contribution >= 4 is 11.6 Å². The van der Waals surface area contributed by atoms with Crippen LogP contribution in [-0.2, 0) is 16.6 Å². The van der Waals surface area contributed by atoms with Crippen LogP contribution in [0.15, 0.2) is 18.2 Å². The third kappa shape index (κ3) is 1.50. The standard InChI is InChI=1S/C15H20N2O/c1-17-13-5-2-4-12(11(13)6-7-14(17)18)15(10-16)8-3-9-15/h2,4-5H,3,6-10,16H2,1H3. The monoisotopic (exact) mass is 244 g/mol. The largest absolute Gasteiger partial charge is 0.330 e. The van der Waals surface area contributed by atoms with E-state index in [-0.39, 0.29) is 11.3 Å². The summed E-state index contributed by atoms with van der Waals surface area (Å²) in [7, 11) is 1.87. The molecule has 1 aliphatic carbocycles. The lowest BCUT2D eigenvalue weighted by Gasteiger charge is -2.44. The van der Waals surface area contributed by atoms with Crippen molar-refractivity contribution < 1.29 is 4.79 Å². The van der Waals surface area contributed by atoms with Crippen LogP contribution in [-0.4, -0.2) is 19.5 Å². The smallest absolute Gasteiger partial charge is 0.227 e. The average Bonchev–Trinajstić information content (AvgIpc) is 2.34. The zero-order chi connectivity index (χ0) is 12.8. The second-order valence-electron chi connectivity index (χ2n) is 5.59. The van der Waals surface area contributed by atoms with Gasteiger partial charge in [-0.05, 0) is 36.5 Å². The highest BCUT2D eigenvalue weighted by atomic mass is 16.2. The highest BCUT2D eigenvalue weighted by molar-refractivity contribution is 5.96. The fourth-order valence-electron chi connectivity index (χ4n) is 3.37. The summed E-state index contributed by atoms with van der Waals surface area (Å²) in [5.74, 6) is 0.218. The molecule has 3 heteroatoms. The molecular formula is C15H20N2O. The first-order valence-electron chi connectivity index (χ1n) is 6.77. The molecule has 2 N–H and O–H groups in total. The summed E-state index contributed by atoms with van der Waals surface area (Å²) in [6.07, 6.45) is 5.16. The molecule has 0 unspecified atom stereocenters. The third-order valence-corrected chi connectivity index (χ3v) is 4.75. The van der Waals surface area contributed by atoms with Gasteiger partial charge in [0.1, 0.15) is 0 Å². The first-order chi connectivity index (χ1) is 8.68. The Hall–Kier alpha value is -1.35. The number of benzene rings is 1. The molecule has 1 aromatic carbocycles. The molecule has 1 aliphatic heterocycles. The Labute approximate surface area is 108 Å². The van der Waals surface area contributed by atoms with Crippen LogP contribution in [0.1, 0.15) is 36.8 Å². The number of hydrogen-bond donors (Lipinski definition) is 1. The molecule has 1 heterocycles. The Morgan fingerprint density at radius 3 is 2.72 bits per heavy atom. The Morgan fingerprint density at radius 2 is 2.11 bits per heavy atom. The van der Waals surface area contributed by atoms with Gasteiger partial charge in [0.05, 0.1) is 0 Å². The number of hydrogen-bond acceptors (Lipinski definition) is 2. The quantitative estimate of drug-likeness (QED) is 0.864. The molecule has 0 aromatic heterocycles. The van der Waals surface area contributed by atoms with E-state index in [1.165, 1.54) is 30.4 Å². The number of carbonyl (C=O) groups is 1. The van der Waals surface area contributed by atoms with Gasteiger partial charge in [-0.1, -0.05) is 18.6 Å². The van der Waals surface area contributed by atoms with Crippen molar-refractivity contribution in [2.75, 3.05) is 18.5 Å². The number of rotatable bonds is 2. The normalized spacial score (nSPS) is 21.4. The number of carbonyl (C=O) groups excluding carboxylic acids is 1. The van der Waals surface area contributed by atoms with E-state index in [4.69, 9.17) is 5.73 Å². The van der Waals surface area contributed by atoms with Crippen molar-refractivity contribution in [1.29, 1.82) is 0 Å². The van der Waals surface area contributed by atoms with Gasteiger partial charge in [-0.3, -0.25) is 4.79 Å². The van der Waals surface area contributed by atoms with Crippen LogP contribution in [0.2, 0.25) is 0 Å². The van der Waals surface area contributed by atoms with Crippen LogP contribution in [0.25, 0.3) is 0 Å². The van der Waals surface area contributed by atoms with Crippen molar-refractivity contribution in [1.82, 2.24) is 0 Å². The Bertz CT molecular complexity index is 486. The molecule has 1 amide bonds. The summed E-state index contributed by atoms with van der Waals surface area (Å²) in [5, 5.41) is 0. The molecule has 1 fully saturated rings. The first-order valence-corrected chi connectivity index (χ1v) is 6.77. The summed E-state index contributed by atoms with van der Waals surface area (Å²) < 4.78 is 0. The van der Waals surface area contributed by atoms with Crippen LogP contribution in [0.3, 0.4) is 0 Å². The summed E-state index contributed by atoms with van der Waals surface area (Å²) in [5.41, 5.74) is 10.0. The minimum atomic E-state index is 0.187. The minimum absolute atomic E-state index is 0.187. The van der Waals surface area contributed by atoms with E-state index >= 15 is 0 Å². The fourth-order valence-corrected chi connectivity index (χ4v) is 3.37. The van der Waals surface area contributed by atoms with Crippen molar-refractivity contribution in [3.05, 3.63) is 29.3 Å². The molecule has 18 heavy (non-hydrogen) atoms. The third-order valence-electron chi connectivity index (χ3n) is 4.75. The van der Waals surface area contributed by atoms with Crippen LogP contribution in [0.4, 0.5) is 5.69 Å². The zero-order valence-corrected chi connectivity index (χ0v) is 10.9. The summed E-state index contributed by atoms with van der Waals surface area (Å²) in [6, 6.07) is 6.34. The summed E-state index contributed by atoms with van der Waals surface area (Å²) >= 11 is 0. The van der Waals surface area contributed by atoms with Crippen LogP contribution in [0.5, 0.6) is 0 Å². The molecule has 1 aromatic rings. The maximum Gasteiger partial charge on any atom is 0.227 e. The maximum absolute atomic E-state index is 11.8. The van der Waals surface area contributed by atoms with Gasteiger partial charge >= 0.3 is 0 Å². The summed E-state index contributed by atoms with van der Waals surface area (Å²) in [4.78, 5) is 13.6. The Balaban J connectivity index is 2.10. The van der Waals surface area contributed by atoms with Crippen molar-refractivity contribution in [2.24, 2.45) is 5.73 Å². The van der Waals surface area contributed by atoms with Gasteiger partial charge in [0.2, 0.25) is 5.91 Å². The molecule has 0 saturated heterocycles. The highest BCUT2D eigenvalue weighted by Gasteiger charge is 2.40. The van der Waals surface area contributed by atoms with Crippen molar-refractivity contribution in [2.45, 2.75) is 37.5 Å². The number of anilines is 1. The van der Waals surface area contributed by atoms with E-state index in [2.05, 4.69) is 18.2 Å². The second kappa shape index (κ2) is 4.09. The molecule has 96 valence electrons. The topological polar surface area (TPSA) is 46.3 Å². The van der Waals surface area contributed by atoms with Gasteiger partial charge in [-0.25, -0.2) is 0 Å². The predicted molar refractivity (Wildman–Crippen MR) is 72.8 cm³/mol. The molecule has 0 atom stereocenters. The van der Waals surface area contributed by atoms with E-state index < -0.39 is 0 Å². The van der Waals surface area contributed by atoms with E-state index in [0.717, 1.165) is 18.7 Å². The number of amides is 1. The first kappa shape index (κ1) is 11.7. The number of nitrogens with zero attached hydrogens (tertiary/aromatic N) is 1. The number of fused-ring (bicyclic) bond motifs is 1. The highest BCUT2D eigenvalue weighted by Crippen LogP contribution is 2.46. The fraction of sp³-hybridized carbons (Fsp3) is 0.533. The van der Waals surface area contributed by atoms with Crippen LogP contribution >= 0.6 is 0 Å². The zero-order valence-electron chi connectivity index (χ0n) is 10.9. The molecule has 0 radical (unpaired) electrons. The molecule has 0 bridgehead atoms. The maximum atomic E-state index is 11.8. The van der Waals surface area contributed by atoms with Crippen molar-refractivity contribution in [3.8, 4) is 0 Å². The lowest BCUT2D eigenvalue weighted by atomic mass is 9.63. The molecular weight excluding hydrogens is 224 g/mol. The minimum Gasteiger partial charge on any atom is -0.330 e. The van der Waals surface area contributed by atoms with Gasteiger partial charge in [-0.15, -0.1) is 0 Å². The molecule has 3 rings (SSSR count). The Morgan fingerprint density at radius 1 is 1.33 bits per heavy atom. The Kier molecular flexibility index (Phi) is 2.67. The second-order valence-corrected chi connectivity index (χ2v) is 5.59. The van der Waals surface area contributed by atoms with Crippen molar-refractivity contribution in [3.63, 3.8) is 0 Å². The number of nitrogens with two attached hydrogens (primary N) is 1. The molecule has 1 saturated carbocycles. The van der Waals surface area contributed by atoms with E-state index in [0.29, 0.717) is 6.42 Å². The van der Waals surface area contributed by atoms with E-state index in [1.807, 2.05) is 7.05 Å². The van der Waals surface area contributed by atoms with Crippen LogP contribution in [0, 0.1) is 0 Å². The van der Waals surface area contributed by atoms with Gasteiger partial charge in [0.25, 0.3) is 0 Å². The van der Waals surface area contributed by atoms with Crippen LogP contribution < -0.4 is 10.6 Å². The average molecular weight is 244 g/mol. The van der Waals surface area contributed by atoms with Gasteiger partial charge in [-0.2, -0.15) is 0 Å². The van der Waals surface area contributed by atoms with Gasteiger partial charge in [0.15, 0.2) is 0 Å². The van der Waals surface area contributed by atoms with Gasteiger partial charge < -0.3 is 10.6 Å². The van der Waals surface area contributed by atoms with E-state index in [1.54, 1.807) is 4.90 Å². The lowest BCUT2D eigenvalue weighted by molar-refractivity contribution is -0.118. The van der Waals surface area contributed by atoms with E-state index in [9.17, 15) is 4.79 Å². The molecule has 2 aliphatic rings. The molecule has 3 nitrogen and oxygen atoms in total. The SMILES string of the molecule is CN1C(=O)CCc2c1cccc2C1(CN)CCC1.